The van der Waals surface area contributed by atoms with Gasteiger partial charge in [-0.1, -0.05) is 17.7 Å². The highest BCUT2D eigenvalue weighted by molar-refractivity contribution is 9.10. The third-order valence-corrected chi connectivity index (χ3v) is 3.42. The van der Waals surface area contributed by atoms with E-state index in [1.165, 1.54) is 0 Å². The second-order valence-electron chi connectivity index (χ2n) is 3.28. The monoisotopic (exact) mass is 297 g/mol. The fraction of sp³-hybridized carbons (Fsp3) is 0.0909. The Morgan fingerprint density at radius 1 is 1.31 bits per heavy atom. The number of nitrogens with zero attached hydrogens (tertiary/aromatic N) is 2. The van der Waals surface area contributed by atoms with Crippen LogP contribution in [0.4, 0.5) is 0 Å². The number of rotatable bonds is 2. The smallest absolute Gasteiger partial charge is 0.0799 e. The number of aromatic nitrogens is 2. The van der Waals surface area contributed by atoms with Gasteiger partial charge in [0, 0.05) is 16.9 Å². The van der Waals surface area contributed by atoms with Gasteiger partial charge in [-0.15, -0.1) is 0 Å². The van der Waals surface area contributed by atoms with Crippen molar-refractivity contribution >= 4 is 27.5 Å². The molecule has 16 heavy (non-hydrogen) atoms. The molecular weight excluding hydrogens is 289 g/mol. The molecule has 3 nitrogen and oxygen atoms in total. The van der Waals surface area contributed by atoms with Gasteiger partial charge in [0.2, 0.25) is 0 Å². The van der Waals surface area contributed by atoms with Crippen LogP contribution in [0.25, 0.3) is 0 Å². The molecule has 1 unspecified atom stereocenters. The van der Waals surface area contributed by atoms with Gasteiger partial charge in [0.15, 0.2) is 0 Å². The van der Waals surface area contributed by atoms with Crippen molar-refractivity contribution in [3.8, 4) is 0 Å². The molecule has 0 bridgehead atoms. The second-order valence-corrected chi connectivity index (χ2v) is 4.54. The summed E-state index contributed by atoms with van der Waals surface area (Å²) < 4.78 is 0.825. The van der Waals surface area contributed by atoms with E-state index in [9.17, 15) is 0 Å². The number of hydrogen-bond acceptors (Lipinski definition) is 3. The molecule has 0 spiro atoms. The molecule has 2 rings (SSSR count). The van der Waals surface area contributed by atoms with Crippen molar-refractivity contribution < 1.29 is 0 Å². The highest BCUT2D eigenvalue weighted by Crippen LogP contribution is 2.27. The van der Waals surface area contributed by atoms with E-state index in [0.717, 1.165) is 15.7 Å². The highest BCUT2D eigenvalue weighted by atomic mass is 79.9. The molecule has 0 saturated carbocycles. The molecule has 0 amide bonds. The van der Waals surface area contributed by atoms with Gasteiger partial charge in [-0.25, -0.2) is 0 Å². The second kappa shape index (κ2) is 4.91. The topological polar surface area (TPSA) is 51.8 Å². The van der Waals surface area contributed by atoms with Crippen LogP contribution in [0.2, 0.25) is 5.02 Å². The Hall–Kier alpha value is -0.970. The third-order valence-electron chi connectivity index (χ3n) is 2.20. The van der Waals surface area contributed by atoms with Crippen molar-refractivity contribution in [3.05, 3.63) is 57.5 Å². The molecule has 1 aromatic carbocycles. The van der Waals surface area contributed by atoms with E-state index in [0.29, 0.717) is 5.02 Å². The quantitative estimate of drug-likeness (QED) is 0.927. The largest absolute Gasteiger partial charge is 0.319 e. The zero-order valence-corrected chi connectivity index (χ0v) is 10.6. The van der Waals surface area contributed by atoms with E-state index in [1.807, 2.05) is 12.1 Å². The highest BCUT2D eigenvalue weighted by Gasteiger charge is 2.11. The minimum Gasteiger partial charge on any atom is -0.319 e. The zero-order chi connectivity index (χ0) is 11.5. The molecule has 0 aliphatic heterocycles. The summed E-state index contributed by atoms with van der Waals surface area (Å²) in [5.74, 6) is 0. The molecule has 0 radical (unpaired) electrons. The SMILES string of the molecule is NC(c1ccc(Cl)c(Br)c1)c1cnccn1. The van der Waals surface area contributed by atoms with E-state index < -0.39 is 0 Å². The molecule has 0 aliphatic carbocycles. The van der Waals surface area contributed by atoms with Crippen LogP contribution in [0.5, 0.6) is 0 Å². The summed E-state index contributed by atoms with van der Waals surface area (Å²) in [6, 6.07) is 5.29. The van der Waals surface area contributed by atoms with Crippen LogP contribution < -0.4 is 5.73 Å². The lowest BCUT2D eigenvalue weighted by atomic mass is 10.1. The Morgan fingerprint density at radius 3 is 2.75 bits per heavy atom. The molecule has 0 aliphatic rings. The lowest BCUT2D eigenvalue weighted by Crippen LogP contribution is -2.13. The first-order chi connectivity index (χ1) is 7.68. The summed E-state index contributed by atoms with van der Waals surface area (Å²) in [6.45, 7) is 0. The van der Waals surface area contributed by atoms with Gasteiger partial charge in [-0.05, 0) is 33.6 Å². The molecule has 82 valence electrons. The lowest BCUT2D eigenvalue weighted by Gasteiger charge is -2.11. The van der Waals surface area contributed by atoms with Crippen molar-refractivity contribution in [1.29, 1.82) is 0 Å². The molecule has 0 saturated heterocycles. The Kier molecular flexibility index (Phi) is 3.53. The molecule has 1 heterocycles. The van der Waals surface area contributed by atoms with Crippen molar-refractivity contribution in [2.24, 2.45) is 5.73 Å². The maximum absolute atomic E-state index is 6.07. The van der Waals surface area contributed by atoms with E-state index in [-0.39, 0.29) is 6.04 Å². The molecule has 2 N–H and O–H groups in total. The molecule has 5 heteroatoms. The van der Waals surface area contributed by atoms with E-state index in [2.05, 4.69) is 25.9 Å². The van der Waals surface area contributed by atoms with Gasteiger partial charge in [0.25, 0.3) is 0 Å². The first kappa shape index (κ1) is 11.5. The van der Waals surface area contributed by atoms with Crippen LogP contribution in [0.15, 0.2) is 41.3 Å². The van der Waals surface area contributed by atoms with Crippen LogP contribution in [0.1, 0.15) is 17.3 Å². The number of nitrogens with two attached hydrogens (primary N) is 1. The maximum atomic E-state index is 6.07. The minimum atomic E-state index is -0.290. The van der Waals surface area contributed by atoms with Gasteiger partial charge in [-0.2, -0.15) is 0 Å². The van der Waals surface area contributed by atoms with Gasteiger partial charge in [0.05, 0.1) is 23.0 Å². The van der Waals surface area contributed by atoms with Crippen molar-refractivity contribution in [3.63, 3.8) is 0 Å². The minimum absolute atomic E-state index is 0.290. The number of benzene rings is 1. The molecule has 0 fully saturated rings. The Balaban J connectivity index is 2.34. The van der Waals surface area contributed by atoms with E-state index >= 15 is 0 Å². The van der Waals surface area contributed by atoms with Crippen molar-refractivity contribution in [1.82, 2.24) is 9.97 Å². The lowest BCUT2D eigenvalue weighted by molar-refractivity contribution is 0.817. The van der Waals surface area contributed by atoms with Crippen molar-refractivity contribution in [2.45, 2.75) is 6.04 Å². The summed E-state index contributed by atoms with van der Waals surface area (Å²) >= 11 is 9.28. The van der Waals surface area contributed by atoms with Crippen LogP contribution in [0, 0.1) is 0 Å². The molecule has 1 aromatic heterocycles. The standard InChI is InChI=1S/C11H9BrClN3/c12-8-5-7(1-2-9(8)13)11(14)10-6-15-3-4-16-10/h1-6,11H,14H2. The predicted molar refractivity (Wildman–Crippen MR) is 67.2 cm³/mol. The summed E-state index contributed by atoms with van der Waals surface area (Å²) in [6.07, 6.45) is 4.90. The first-order valence-electron chi connectivity index (χ1n) is 4.65. The van der Waals surface area contributed by atoms with Gasteiger partial charge in [0.1, 0.15) is 0 Å². The summed E-state index contributed by atoms with van der Waals surface area (Å²) in [4.78, 5) is 8.16. The third kappa shape index (κ3) is 2.40. The maximum Gasteiger partial charge on any atom is 0.0799 e. The Labute approximate surface area is 107 Å². The molecule has 1 atom stereocenters. The summed E-state index contributed by atoms with van der Waals surface area (Å²) in [7, 11) is 0. The van der Waals surface area contributed by atoms with Crippen LogP contribution in [-0.4, -0.2) is 9.97 Å². The van der Waals surface area contributed by atoms with Gasteiger partial charge in [-0.3, -0.25) is 9.97 Å². The predicted octanol–water partition coefficient (Wildman–Crippen LogP) is 2.94. The Bertz CT molecular complexity index is 490. The average Bonchev–Trinajstić information content (AvgIpc) is 2.33. The fourth-order valence-electron chi connectivity index (χ4n) is 1.35. The van der Waals surface area contributed by atoms with E-state index in [4.69, 9.17) is 17.3 Å². The zero-order valence-electron chi connectivity index (χ0n) is 8.27. The van der Waals surface area contributed by atoms with Crippen LogP contribution in [-0.2, 0) is 0 Å². The van der Waals surface area contributed by atoms with Gasteiger partial charge < -0.3 is 5.73 Å². The molecule has 2 aromatic rings. The fourth-order valence-corrected chi connectivity index (χ4v) is 1.86. The summed E-state index contributed by atoms with van der Waals surface area (Å²) in [5, 5.41) is 0.662. The van der Waals surface area contributed by atoms with Crippen molar-refractivity contribution in [2.75, 3.05) is 0 Å². The summed E-state index contributed by atoms with van der Waals surface area (Å²) in [5.41, 5.74) is 7.74. The van der Waals surface area contributed by atoms with E-state index in [1.54, 1.807) is 24.7 Å². The Morgan fingerprint density at radius 2 is 2.12 bits per heavy atom. The average molecular weight is 299 g/mol. The van der Waals surface area contributed by atoms with Gasteiger partial charge >= 0.3 is 0 Å². The van der Waals surface area contributed by atoms with Crippen LogP contribution in [0.3, 0.4) is 0 Å². The van der Waals surface area contributed by atoms with Crippen LogP contribution >= 0.6 is 27.5 Å². The number of halogens is 2. The first-order valence-corrected chi connectivity index (χ1v) is 5.82. The number of hydrogen-bond donors (Lipinski definition) is 1. The normalized spacial score (nSPS) is 12.4. The molecular formula is C11H9BrClN3.